The average molecular weight is 250 g/mol. The molecule has 0 unspecified atom stereocenters. The molecule has 2 rings (SSSR count). The van der Waals surface area contributed by atoms with Crippen LogP contribution in [0, 0.1) is 12.7 Å². The van der Waals surface area contributed by atoms with E-state index in [2.05, 4.69) is 10.2 Å². The quantitative estimate of drug-likeness (QED) is 0.780. The summed E-state index contributed by atoms with van der Waals surface area (Å²) in [6.45, 7) is 7.68. The number of aryl methyl sites for hydroxylation is 1. The Bertz CT molecular complexity index is 373. The van der Waals surface area contributed by atoms with Gasteiger partial charge in [0.05, 0.1) is 0 Å². The number of nitrogens with one attached hydrogen (secondary N) is 1. The van der Waals surface area contributed by atoms with Crippen molar-refractivity contribution >= 4 is 0 Å². The van der Waals surface area contributed by atoms with Crippen molar-refractivity contribution in [1.29, 1.82) is 0 Å². The van der Waals surface area contributed by atoms with Crippen molar-refractivity contribution in [1.82, 2.24) is 10.2 Å². The SMILES string of the molecule is Cc1cc(F)ccc1CCNCCN1CCCC1. The van der Waals surface area contributed by atoms with E-state index >= 15 is 0 Å². The number of nitrogens with zero attached hydrogens (tertiary/aromatic N) is 1. The van der Waals surface area contributed by atoms with Crippen molar-refractivity contribution < 1.29 is 4.39 Å². The maximum atomic E-state index is 12.9. The third kappa shape index (κ3) is 4.07. The molecular formula is C15H23FN2. The van der Waals surface area contributed by atoms with E-state index in [1.165, 1.54) is 31.5 Å². The minimum atomic E-state index is -0.141. The van der Waals surface area contributed by atoms with Crippen LogP contribution < -0.4 is 5.32 Å². The second kappa shape index (κ2) is 6.86. The highest BCUT2D eigenvalue weighted by atomic mass is 19.1. The van der Waals surface area contributed by atoms with E-state index in [-0.39, 0.29) is 5.82 Å². The highest BCUT2D eigenvalue weighted by molar-refractivity contribution is 5.26. The van der Waals surface area contributed by atoms with Crippen LogP contribution in [0.15, 0.2) is 18.2 Å². The van der Waals surface area contributed by atoms with Crippen LogP contribution in [0.1, 0.15) is 24.0 Å². The monoisotopic (exact) mass is 250 g/mol. The summed E-state index contributed by atoms with van der Waals surface area (Å²) in [4.78, 5) is 2.51. The molecule has 0 aliphatic carbocycles. The summed E-state index contributed by atoms with van der Waals surface area (Å²) < 4.78 is 12.9. The summed E-state index contributed by atoms with van der Waals surface area (Å²) in [6.07, 6.45) is 3.69. The molecule has 0 radical (unpaired) electrons. The number of benzene rings is 1. The first kappa shape index (κ1) is 13.5. The summed E-state index contributed by atoms with van der Waals surface area (Å²) in [7, 11) is 0. The minimum absolute atomic E-state index is 0.141. The molecule has 0 atom stereocenters. The Morgan fingerprint density at radius 3 is 2.72 bits per heavy atom. The van der Waals surface area contributed by atoms with E-state index in [0.29, 0.717) is 0 Å². The molecule has 1 aliphatic heterocycles. The van der Waals surface area contributed by atoms with Gasteiger partial charge >= 0.3 is 0 Å². The highest BCUT2D eigenvalue weighted by Gasteiger charge is 2.09. The van der Waals surface area contributed by atoms with Gasteiger partial charge in [0.1, 0.15) is 5.82 Å². The molecular weight excluding hydrogens is 227 g/mol. The van der Waals surface area contributed by atoms with E-state index in [4.69, 9.17) is 0 Å². The Morgan fingerprint density at radius 2 is 2.00 bits per heavy atom. The van der Waals surface area contributed by atoms with E-state index in [1.807, 2.05) is 13.0 Å². The van der Waals surface area contributed by atoms with Crippen LogP contribution in [0.3, 0.4) is 0 Å². The van der Waals surface area contributed by atoms with Gasteiger partial charge in [-0.2, -0.15) is 0 Å². The van der Waals surface area contributed by atoms with Crippen molar-refractivity contribution in [2.24, 2.45) is 0 Å². The fourth-order valence-electron chi connectivity index (χ4n) is 2.53. The zero-order valence-corrected chi connectivity index (χ0v) is 11.2. The Balaban J connectivity index is 1.62. The number of hydrogen-bond donors (Lipinski definition) is 1. The fourth-order valence-corrected chi connectivity index (χ4v) is 2.53. The van der Waals surface area contributed by atoms with Crippen LogP contribution in [-0.4, -0.2) is 37.6 Å². The van der Waals surface area contributed by atoms with Crippen molar-refractivity contribution in [3.8, 4) is 0 Å². The highest BCUT2D eigenvalue weighted by Crippen LogP contribution is 2.10. The number of likely N-dealkylation sites (tertiary alicyclic amines) is 1. The zero-order chi connectivity index (χ0) is 12.8. The molecule has 1 saturated heterocycles. The van der Waals surface area contributed by atoms with Crippen molar-refractivity contribution in [3.63, 3.8) is 0 Å². The maximum Gasteiger partial charge on any atom is 0.123 e. The van der Waals surface area contributed by atoms with Gasteiger partial charge in [0, 0.05) is 13.1 Å². The summed E-state index contributed by atoms with van der Waals surface area (Å²) in [5, 5.41) is 3.47. The van der Waals surface area contributed by atoms with E-state index in [1.54, 1.807) is 12.1 Å². The van der Waals surface area contributed by atoms with Gasteiger partial charge in [-0.05, 0) is 69.1 Å². The Hall–Kier alpha value is -0.930. The standard InChI is InChI=1S/C15H23FN2/c1-13-12-15(16)5-4-14(13)6-7-17-8-11-18-9-2-3-10-18/h4-5,12,17H,2-3,6-11H2,1H3. The van der Waals surface area contributed by atoms with Crippen LogP contribution in [0.25, 0.3) is 0 Å². The van der Waals surface area contributed by atoms with Crippen LogP contribution in [0.5, 0.6) is 0 Å². The molecule has 1 aromatic rings. The smallest absolute Gasteiger partial charge is 0.123 e. The predicted molar refractivity (Wildman–Crippen MR) is 73.4 cm³/mol. The second-order valence-electron chi connectivity index (χ2n) is 5.12. The van der Waals surface area contributed by atoms with Gasteiger partial charge in [-0.3, -0.25) is 0 Å². The molecule has 0 amide bonds. The summed E-state index contributed by atoms with van der Waals surface area (Å²) in [5.41, 5.74) is 2.29. The molecule has 0 bridgehead atoms. The Morgan fingerprint density at radius 1 is 1.22 bits per heavy atom. The molecule has 3 heteroatoms. The zero-order valence-electron chi connectivity index (χ0n) is 11.2. The van der Waals surface area contributed by atoms with Gasteiger partial charge in [-0.15, -0.1) is 0 Å². The molecule has 1 aromatic carbocycles. The predicted octanol–water partition coefficient (Wildman–Crippen LogP) is 2.36. The summed E-state index contributed by atoms with van der Waals surface area (Å²) in [5.74, 6) is -0.141. The van der Waals surface area contributed by atoms with E-state index < -0.39 is 0 Å². The van der Waals surface area contributed by atoms with Gasteiger partial charge in [0.15, 0.2) is 0 Å². The first-order valence-corrected chi connectivity index (χ1v) is 6.94. The minimum Gasteiger partial charge on any atom is -0.315 e. The van der Waals surface area contributed by atoms with Crippen LogP contribution in [0.4, 0.5) is 4.39 Å². The summed E-state index contributed by atoms with van der Waals surface area (Å²) in [6, 6.07) is 5.05. The molecule has 0 saturated carbocycles. The molecule has 1 N–H and O–H groups in total. The number of halogens is 1. The van der Waals surface area contributed by atoms with E-state index in [9.17, 15) is 4.39 Å². The first-order chi connectivity index (χ1) is 8.75. The maximum absolute atomic E-state index is 12.9. The van der Waals surface area contributed by atoms with Gasteiger partial charge < -0.3 is 10.2 Å². The van der Waals surface area contributed by atoms with Gasteiger partial charge in [0.25, 0.3) is 0 Å². The second-order valence-corrected chi connectivity index (χ2v) is 5.12. The van der Waals surface area contributed by atoms with Crippen molar-refractivity contribution in [3.05, 3.63) is 35.1 Å². The molecule has 1 heterocycles. The lowest BCUT2D eigenvalue weighted by molar-refractivity contribution is 0.336. The first-order valence-electron chi connectivity index (χ1n) is 6.94. The number of rotatable bonds is 6. The van der Waals surface area contributed by atoms with Crippen LogP contribution in [-0.2, 0) is 6.42 Å². The normalized spacial score (nSPS) is 16.3. The molecule has 18 heavy (non-hydrogen) atoms. The fraction of sp³-hybridized carbons (Fsp3) is 0.600. The number of hydrogen-bond acceptors (Lipinski definition) is 2. The lowest BCUT2D eigenvalue weighted by Gasteiger charge is -2.14. The lowest BCUT2D eigenvalue weighted by Crippen LogP contribution is -2.31. The largest absolute Gasteiger partial charge is 0.315 e. The third-order valence-corrected chi connectivity index (χ3v) is 3.68. The molecule has 0 spiro atoms. The Labute approximate surface area is 109 Å². The third-order valence-electron chi connectivity index (χ3n) is 3.68. The average Bonchev–Trinajstić information content (AvgIpc) is 2.84. The molecule has 1 fully saturated rings. The molecule has 1 aliphatic rings. The van der Waals surface area contributed by atoms with E-state index in [0.717, 1.165) is 31.6 Å². The van der Waals surface area contributed by atoms with Gasteiger partial charge in [0.2, 0.25) is 0 Å². The van der Waals surface area contributed by atoms with Crippen LogP contribution in [0.2, 0.25) is 0 Å². The van der Waals surface area contributed by atoms with Gasteiger partial charge in [-0.25, -0.2) is 4.39 Å². The van der Waals surface area contributed by atoms with Crippen molar-refractivity contribution in [2.45, 2.75) is 26.2 Å². The lowest BCUT2D eigenvalue weighted by atomic mass is 10.1. The topological polar surface area (TPSA) is 15.3 Å². The Kier molecular flexibility index (Phi) is 5.14. The van der Waals surface area contributed by atoms with Crippen LogP contribution >= 0.6 is 0 Å². The van der Waals surface area contributed by atoms with Gasteiger partial charge in [-0.1, -0.05) is 6.07 Å². The summed E-state index contributed by atoms with van der Waals surface area (Å²) >= 11 is 0. The molecule has 2 nitrogen and oxygen atoms in total. The molecule has 100 valence electrons. The molecule has 0 aromatic heterocycles. The van der Waals surface area contributed by atoms with Crippen molar-refractivity contribution in [2.75, 3.05) is 32.7 Å².